The van der Waals surface area contributed by atoms with Gasteiger partial charge in [0.05, 0.1) is 30.9 Å². The maximum atomic E-state index is 9.76. The minimum Gasteiger partial charge on any atom is -0.503 e. The Hall–Kier alpha value is -1.48. The minimum absolute atomic E-state index is 0.0917. The summed E-state index contributed by atoms with van der Waals surface area (Å²) < 4.78 is 10.6. The van der Waals surface area contributed by atoms with Gasteiger partial charge in [-0.1, -0.05) is 11.6 Å². The van der Waals surface area contributed by atoms with E-state index >= 15 is 0 Å². The molecule has 1 fully saturated rings. The molecule has 0 spiro atoms. The van der Waals surface area contributed by atoms with E-state index in [0.29, 0.717) is 25.3 Å². The Labute approximate surface area is 123 Å². The highest BCUT2D eigenvalue weighted by molar-refractivity contribution is 6.32. The van der Waals surface area contributed by atoms with Crippen LogP contribution >= 0.6 is 11.6 Å². The molecule has 0 aromatic heterocycles. The summed E-state index contributed by atoms with van der Waals surface area (Å²) in [7, 11) is 1.45. The van der Waals surface area contributed by atoms with Crippen molar-refractivity contribution in [1.82, 2.24) is 4.90 Å². The van der Waals surface area contributed by atoms with Crippen LogP contribution in [0.3, 0.4) is 0 Å². The summed E-state index contributed by atoms with van der Waals surface area (Å²) in [5, 5.41) is 19.4. The second-order valence-corrected chi connectivity index (χ2v) is 5.17. The lowest BCUT2D eigenvalue weighted by Gasteiger charge is -2.34. The van der Waals surface area contributed by atoms with Crippen LogP contribution in [0.25, 0.3) is 0 Å². The average molecular weight is 297 g/mol. The molecule has 1 aromatic rings. The fraction of sp³-hybridized carbons (Fsp3) is 0.500. The van der Waals surface area contributed by atoms with Crippen molar-refractivity contribution in [3.63, 3.8) is 0 Å². The van der Waals surface area contributed by atoms with Crippen LogP contribution in [-0.2, 0) is 4.74 Å². The number of rotatable bonds is 3. The molecular formula is C14H17ClN2O3. The molecule has 2 rings (SSSR count). The first-order chi connectivity index (χ1) is 9.56. The number of halogens is 1. The van der Waals surface area contributed by atoms with Gasteiger partial charge in [-0.2, -0.15) is 5.26 Å². The molecule has 6 heteroatoms. The van der Waals surface area contributed by atoms with Crippen LogP contribution in [0.2, 0.25) is 5.02 Å². The number of methoxy groups -OCH3 is 1. The van der Waals surface area contributed by atoms with Crippen LogP contribution in [0.5, 0.6) is 11.5 Å². The molecule has 2 atom stereocenters. The van der Waals surface area contributed by atoms with Crippen molar-refractivity contribution in [1.29, 1.82) is 5.26 Å². The number of aromatic hydroxyl groups is 1. The summed E-state index contributed by atoms with van der Waals surface area (Å²) in [4.78, 5) is 2.04. The molecule has 0 unspecified atom stereocenters. The van der Waals surface area contributed by atoms with E-state index in [0.717, 1.165) is 0 Å². The standard InChI is InChI=1S/C14H17ClN2O3/c1-9-8-17(3-4-20-9)12(7-16)10-5-11(15)14(18)13(6-10)19-2/h5-6,9,12,18H,3-4,8H2,1-2H3/t9-,12+/m0/s1. The molecule has 1 aliphatic rings. The van der Waals surface area contributed by atoms with Gasteiger partial charge in [-0.05, 0) is 24.6 Å². The van der Waals surface area contributed by atoms with E-state index < -0.39 is 6.04 Å². The zero-order valence-corrected chi connectivity index (χ0v) is 12.2. The van der Waals surface area contributed by atoms with E-state index in [4.69, 9.17) is 21.1 Å². The second-order valence-electron chi connectivity index (χ2n) is 4.76. The first-order valence-electron chi connectivity index (χ1n) is 6.38. The van der Waals surface area contributed by atoms with Crippen LogP contribution in [0.15, 0.2) is 12.1 Å². The van der Waals surface area contributed by atoms with Gasteiger partial charge in [-0.3, -0.25) is 4.90 Å². The predicted octanol–water partition coefficient (Wildman–Crippen LogP) is 2.34. The number of ether oxygens (including phenoxy) is 2. The first-order valence-corrected chi connectivity index (χ1v) is 6.76. The van der Waals surface area contributed by atoms with Gasteiger partial charge >= 0.3 is 0 Å². The van der Waals surface area contributed by atoms with Gasteiger partial charge in [-0.25, -0.2) is 0 Å². The SMILES string of the molecule is COc1cc([C@@H](C#N)N2CCO[C@@H](C)C2)cc(Cl)c1O. The number of hydrogen-bond acceptors (Lipinski definition) is 5. The third-order valence-corrected chi connectivity index (χ3v) is 3.63. The molecule has 1 aromatic carbocycles. The molecule has 0 aliphatic carbocycles. The van der Waals surface area contributed by atoms with E-state index in [1.54, 1.807) is 12.1 Å². The van der Waals surface area contributed by atoms with Gasteiger partial charge in [0.15, 0.2) is 11.5 Å². The quantitative estimate of drug-likeness (QED) is 0.927. The molecule has 20 heavy (non-hydrogen) atoms. The largest absolute Gasteiger partial charge is 0.503 e. The molecule has 0 radical (unpaired) electrons. The maximum Gasteiger partial charge on any atom is 0.176 e. The predicted molar refractivity (Wildman–Crippen MR) is 75.0 cm³/mol. The van der Waals surface area contributed by atoms with Crippen molar-refractivity contribution in [2.24, 2.45) is 0 Å². The molecule has 108 valence electrons. The first kappa shape index (κ1) is 14.9. The number of phenolic OH excluding ortho intramolecular Hbond substituents is 1. The topological polar surface area (TPSA) is 65.7 Å². The van der Waals surface area contributed by atoms with Crippen LogP contribution in [0.1, 0.15) is 18.5 Å². The van der Waals surface area contributed by atoms with Crippen molar-refractivity contribution in [3.05, 3.63) is 22.7 Å². The normalized spacial score (nSPS) is 21.2. The van der Waals surface area contributed by atoms with Crippen molar-refractivity contribution >= 4 is 11.6 Å². The number of benzene rings is 1. The third-order valence-electron chi connectivity index (χ3n) is 3.35. The lowest BCUT2D eigenvalue weighted by molar-refractivity contribution is -0.0269. The molecule has 1 aliphatic heterocycles. The minimum atomic E-state index is -0.437. The van der Waals surface area contributed by atoms with Crippen LogP contribution in [-0.4, -0.2) is 42.9 Å². The van der Waals surface area contributed by atoms with Crippen molar-refractivity contribution < 1.29 is 14.6 Å². The lowest BCUT2D eigenvalue weighted by atomic mass is 10.0. The Balaban J connectivity index is 2.32. The zero-order chi connectivity index (χ0) is 14.7. The van der Waals surface area contributed by atoms with Gasteiger partial charge < -0.3 is 14.6 Å². The number of nitriles is 1. The van der Waals surface area contributed by atoms with Crippen molar-refractivity contribution in [2.45, 2.75) is 19.1 Å². The summed E-state index contributed by atoms with van der Waals surface area (Å²) in [6.07, 6.45) is 0.0917. The molecule has 1 N–H and O–H groups in total. The monoisotopic (exact) mass is 296 g/mol. The van der Waals surface area contributed by atoms with Gasteiger partial charge in [0.25, 0.3) is 0 Å². The Morgan fingerprint density at radius 1 is 1.60 bits per heavy atom. The molecule has 0 bridgehead atoms. The van der Waals surface area contributed by atoms with E-state index in [1.165, 1.54) is 7.11 Å². The molecule has 1 saturated heterocycles. The van der Waals surface area contributed by atoms with Crippen LogP contribution < -0.4 is 4.74 Å². The molecular weight excluding hydrogens is 280 g/mol. The van der Waals surface area contributed by atoms with E-state index in [9.17, 15) is 10.4 Å². The third kappa shape index (κ3) is 2.98. The Morgan fingerprint density at radius 2 is 2.35 bits per heavy atom. The van der Waals surface area contributed by atoms with Crippen LogP contribution in [0, 0.1) is 11.3 Å². The van der Waals surface area contributed by atoms with Crippen molar-refractivity contribution in [3.8, 4) is 17.6 Å². The Kier molecular flexibility index (Phi) is 4.71. The van der Waals surface area contributed by atoms with Crippen LogP contribution in [0.4, 0.5) is 0 Å². The zero-order valence-electron chi connectivity index (χ0n) is 11.5. The average Bonchev–Trinajstić information content (AvgIpc) is 2.43. The summed E-state index contributed by atoms with van der Waals surface area (Å²) in [5.74, 6) is 0.166. The van der Waals surface area contributed by atoms with Gasteiger partial charge in [0, 0.05) is 13.1 Å². The fourth-order valence-corrected chi connectivity index (χ4v) is 2.57. The number of phenols is 1. The lowest BCUT2D eigenvalue weighted by Crippen LogP contribution is -2.42. The van der Waals surface area contributed by atoms with Gasteiger partial charge in [0.2, 0.25) is 0 Å². The van der Waals surface area contributed by atoms with Gasteiger partial charge in [-0.15, -0.1) is 0 Å². The van der Waals surface area contributed by atoms with E-state index in [1.807, 2.05) is 11.8 Å². The highest BCUT2D eigenvalue weighted by Gasteiger charge is 2.26. The summed E-state index contributed by atoms with van der Waals surface area (Å²) >= 11 is 5.98. The Morgan fingerprint density at radius 3 is 2.95 bits per heavy atom. The number of hydrogen-bond donors (Lipinski definition) is 1. The van der Waals surface area contributed by atoms with E-state index in [-0.39, 0.29) is 22.6 Å². The highest BCUT2D eigenvalue weighted by atomic mass is 35.5. The maximum absolute atomic E-state index is 9.76. The molecule has 0 amide bonds. The molecule has 1 heterocycles. The summed E-state index contributed by atoms with van der Waals surface area (Å²) in [6, 6.07) is 5.10. The highest BCUT2D eigenvalue weighted by Crippen LogP contribution is 2.37. The summed E-state index contributed by atoms with van der Waals surface area (Å²) in [6.45, 7) is 3.94. The van der Waals surface area contributed by atoms with Crippen molar-refractivity contribution in [2.75, 3.05) is 26.8 Å². The van der Waals surface area contributed by atoms with Gasteiger partial charge in [0.1, 0.15) is 6.04 Å². The molecule has 0 saturated carbocycles. The fourth-order valence-electron chi connectivity index (χ4n) is 2.35. The summed E-state index contributed by atoms with van der Waals surface area (Å²) in [5.41, 5.74) is 0.709. The smallest absolute Gasteiger partial charge is 0.176 e. The Bertz CT molecular complexity index is 530. The number of nitrogens with zero attached hydrogens (tertiary/aromatic N) is 2. The van der Waals surface area contributed by atoms with E-state index in [2.05, 4.69) is 6.07 Å². The second kappa shape index (κ2) is 6.31. The number of morpholine rings is 1. The molecule has 5 nitrogen and oxygen atoms in total.